The van der Waals surface area contributed by atoms with Crippen molar-refractivity contribution in [2.24, 2.45) is 0 Å². The summed E-state index contributed by atoms with van der Waals surface area (Å²) in [6.07, 6.45) is 0. The molecule has 1 heterocycles. The van der Waals surface area contributed by atoms with Gasteiger partial charge in [-0.05, 0) is 23.2 Å². The van der Waals surface area contributed by atoms with Gasteiger partial charge in [0.15, 0.2) is 0 Å². The largest absolute Gasteiger partial charge is 1.00 e. The third kappa shape index (κ3) is 5.60. The Labute approximate surface area is 117 Å². The Morgan fingerprint density at radius 3 is 2.09 bits per heavy atom. The molecule has 0 atom stereocenters. The summed E-state index contributed by atoms with van der Waals surface area (Å²) in [6.45, 7) is 0. The Balaban J connectivity index is 0. The predicted octanol–water partition coefficient (Wildman–Crippen LogP) is -5.52. The molecule has 0 unspecified atom stereocenters. The number of hydrogen-bond acceptors (Lipinski definition) is 3. The molecule has 0 aliphatic heterocycles. The molecule has 0 fully saturated rings. The summed E-state index contributed by atoms with van der Waals surface area (Å²) in [5.41, 5.74) is -0.597. The van der Waals surface area contributed by atoms with Gasteiger partial charge in [-0.2, -0.15) is 9.97 Å². The van der Waals surface area contributed by atoms with E-state index in [1.165, 1.54) is 0 Å². The van der Waals surface area contributed by atoms with Gasteiger partial charge < -0.3 is 0 Å². The van der Waals surface area contributed by atoms with Crippen LogP contribution in [0.2, 0.25) is 10.6 Å². The number of nitrogens with one attached hydrogen (secondary N) is 1. The van der Waals surface area contributed by atoms with Gasteiger partial charge in [-0.1, -0.05) is 0 Å². The first kappa shape index (κ1) is 14.9. The van der Waals surface area contributed by atoms with Crippen molar-refractivity contribution in [3.05, 3.63) is 21.1 Å². The topological polar surface area (TPSA) is 58.6 Å². The van der Waals surface area contributed by atoms with Crippen LogP contribution in [-0.4, -0.2) is 15.0 Å². The number of rotatable bonds is 0. The summed E-state index contributed by atoms with van der Waals surface area (Å²) < 4.78 is 0. The molecule has 0 aromatic carbocycles. The van der Waals surface area contributed by atoms with Gasteiger partial charge >= 0.3 is 64.8 Å². The van der Waals surface area contributed by atoms with Crippen molar-refractivity contribution in [2.75, 3.05) is 0 Å². The van der Waals surface area contributed by atoms with Crippen molar-refractivity contribution < 1.29 is 59.1 Å². The van der Waals surface area contributed by atoms with Crippen molar-refractivity contribution in [3.63, 3.8) is 0 Å². The first-order valence-electron chi connectivity index (χ1n) is 1.98. The van der Waals surface area contributed by atoms with Crippen LogP contribution >= 0.6 is 23.2 Å². The Bertz CT molecular complexity index is 254. The van der Waals surface area contributed by atoms with Crippen molar-refractivity contribution in [1.29, 1.82) is 0 Å². The van der Waals surface area contributed by atoms with Crippen molar-refractivity contribution in [2.45, 2.75) is 0 Å². The molecule has 0 aliphatic carbocycles. The molecular weight excluding hydrogens is 211 g/mol. The molecule has 1 aromatic heterocycles. The molecule has 0 bridgehead atoms. The maximum Gasteiger partial charge on any atom is 1.00 e. The molecule has 1 N–H and O–H groups in total. The SMILES string of the molecule is O=c1nc(Cl)nc(Cl)[nH]1.[Na+].[Na+]. The first-order valence-corrected chi connectivity index (χ1v) is 2.73. The van der Waals surface area contributed by atoms with E-state index in [2.05, 4.69) is 15.0 Å². The van der Waals surface area contributed by atoms with Crippen molar-refractivity contribution >= 4 is 23.2 Å². The van der Waals surface area contributed by atoms with Crippen LogP contribution < -0.4 is 64.8 Å². The van der Waals surface area contributed by atoms with E-state index >= 15 is 0 Å². The summed E-state index contributed by atoms with van der Waals surface area (Å²) in [5.74, 6) is 0. The van der Waals surface area contributed by atoms with E-state index in [1.807, 2.05) is 0 Å². The summed E-state index contributed by atoms with van der Waals surface area (Å²) in [6, 6.07) is 0. The fraction of sp³-hybridized carbons (Fsp3) is 0. The van der Waals surface area contributed by atoms with Gasteiger partial charge in [0.2, 0.25) is 10.6 Å². The Kier molecular flexibility index (Phi) is 9.28. The van der Waals surface area contributed by atoms with Gasteiger partial charge in [0.25, 0.3) is 0 Å². The molecule has 0 spiro atoms. The summed E-state index contributed by atoms with van der Waals surface area (Å²) in [5, 5.41) is -0.205. The number of aromatic nitrogens is 3. The second-order valence-electron chi connectivity index (χ2n) is 1.21. The second-order valence-corrected chi connectivity index (χ2v) is 1.91. The zero-order chi connectivity index (χ0) is 6.85. The minimum atomic E-state index is -0.597. The molecular formula is C3HCl2N3Na2O+2. The van der Waals surface area contributed by atoms with Gasteiger partial charge in [0, 0.05) is 0 Å². The molecule has 48 valence electrons. The maximum absolute atomic E-state index is 10.3. The van der Waals surface area contributed by atoms with Gasteiger partial charge in [0.1, 0.15) is 0 Å². The van der Waals surface area contributed by atoms with Crippen LogP contribution in [0.25, 0.3) is 0 Å². The van der Waals surface area contributed by atoms with E-state index in [1.54, 1.807) is 0 Å². The quantitative estimate of drug-likeness (QED) is 0.436. The number of hydrogen-bond donors (Lipinski definition) is 1. The fourth-order valence-corrected chi connectivity index (χ4v) is 0.699. The molecule has 0 radical (unpaired) electrons. The average molecular weight is 212 g/mol. The summed E-state index contributed by atoms with van der Waals surface area (Å²) in [7, 11) is 0. The zero-order valence-electron chi connectivity index (χ0n) is 6.06. The third-order valence-electron chi connectivity index (χ3n) is 0.594. The number of H-pyrrole nitrogens is 1. The minimum Gasteiger partial charge on any atom is -0.280 e. The van der Waals surface area contributed by atoms with E-state index in [4.69, 9.17) is 23.2 Å². The first-order chi connectivity index (χ1) is 4.18. The second kappa shape index (κ2) is 6.86. The van der Waals surface area contributed by atoms with E-state index in [0.29, 0.717) is 0 Å². The van der Waals surface area contributed by atoms with Crippen molar-refractivity contribution in [1.82, 2.24) is 15.0 Å². The fourth-order valence-electron chi connectivity index (χ4n) is 0.334. The summed E-state index contributed by atoms with van der Waals surface area (Å²) in [4.78, 5) is 19.0. The van der Waals surface area contributed by atoms with Crippen LogP contribution in [0, 0.1) is 0 Å². The average Bonchev–Trinajstić information content (AvgIpc) is 1.59. The van der Waals surface area contributed by atoms with E-state index in [-0.39, 0.29) is 69.7 Å². The van der Waals surface area contributed by atoms with Crippen LogP contribution in [0.4, 0.5) is 0 Å². The van der Waals surface area contributed by atoms with Crippen LogP contribution in [0.15, 0.2) is 4.79 Å². The molecule has 0 saturated heterocycles. The van der Waals surface area contributed by atoms with Gasteiger partial charge in [-0.3, -0.25) is 4.98 Å². The zero-order valence-corrected chi connectivity index (χ0v) is 11.6. The van der Waals surface area contributed by atoms with Gasteiger partial charge in [-0.15, -0.1) is 0 Å². The Morgan fingerprint density at radius 1 is 1.18 bits per heavy atom. The number of halogens is 2. The molecule has 0 amide bonds. The monoisotopic (exact) mass is 211 g/mol. The van der Waals surface area contributed by atoms with Gasteiger partial charge in [0.05, 0.1) is 0 Å². The van der Waals surface area contributed by atoms with E-state index < -0.39 is 5.69 Å². The Hall–Kier alpha value is 1.39. The molecule has 0 saturated carbocycles. The Morgan fingerprint density at radius 2 is 1.73 bits per heavy atom. The third-order valence-corrected chi connectivity index (χ3v) is 0.942. The van der Waals surface area contributed by atoms with Gasteiger partial charge in [-0.25, -0.2) is 4.79 Å². The van der Waals surface area contributed by atoms with Crippen LogP contribution in [0.1, 0.15) is 0 Å². The molecule has 0 aliphatic rings. The molecule has 4 nitrogen and oxygen atoms in total. The molecule has 1 rings (SSSR count). The summed E-state index contributed by atoms with van der Waals surface area (Å²) >= 11 is 10.5. The predicted molar refractivity (Wildman–Crippen MR) is 32.7 cm³/mol. The van der Waals surface area contributed by atoms with Crippen LogP contribution in [0.5, 0.6) is 0 Å². The molecule has 8 heteroatoms. The van der Waals surface area contributed by atoms with Crippen LogP contribution in [0.3, 0.4) is 0 Å². The van der Waals surface area contributed by atoms with E-state index in [9.17, 15) is 4.79 Å². The maximum atomic E-state index is 10.3. The minimum absolute atomic E-state index is 0. The molecule has 11 heavy (non-hydrogen) atoms. The smallest absolute Gasteiger partial charge is 0.280 e. The normalized spacial score (nSPS) is 7.82. The number of aromatic amines is 1. The molecule has 1 aromatic rings. The van der Waals surface area contributed by atoms with Crippen LogP contribution in [-0.2, 0) is 0 Å². The standard InChI is InChI=1S/C3HCl2N3O.2Na/c4-1-6-2(5)8-3(9)7-1;;/h(H,6,7,8,9);;/q;2*+1. The van der Waals surface area contributed by atoms with E-state index in [0.717, 1.165) is 0 Å². The number of nitrogens with zero attached hydrogens (tertiary/aromatic N) is 2. The van der Waals surface area contributed by atoms with Crippen molar-refractivity contribution in [3.8, 4) is 0 Å².